The van der Waals surface area contributed by atoms with Gasteiger partial charge in [-0.2, -0.15) is 0 Å². The molecule has 0 spiro atoms. The fourth-order valence-electron chi connectivity index (χ4n) is 6.37. The van der Waals surface area contributed by atoms with Crippen LogP contribution < -0.4 is 5.32 Å². The van der Waals surface area contributed by atoms with Crippen molar-refractivity contribution in [3.8, 4) is 11.1 Å². The Labute approximate surface area is 222 Å². The second-order valence-corrected chi connectivity index (χ2v) is 10.7. The van der Waals surface area contributed by atoms with Crippen molar-refractivity contribution in [2.45, 2.75) is 45.6 Å². The Morgan fingerprint density at radius 2 is 1.87 bits per heavy atom. The number of halogens is 1. The summed E-state index contributed by atoms with van der Waals surface area (Å²) in [6.45, 7) is 7.85. The minimum absolute atomic E-state index is 0.0688. The van der Waals surface area contributed by atoms with Crippen LogP contribution >= 0.6 is 0 Å². The van der Waals surface area contributed by atoms with Crippen LogP contribution in [0, 0.1) is 19.7 Å². The number of carbonyl (C=O) groups is 2. The Kier molecular flexibility index (Phi) is 6.40. The van der Waals surface area contributed by atoms with E-state index in [1.165, 1.54) is 25.0 Å². The van der Waals surface area contributed by atoms with Gasteiger partial charge in [0.1, 0.15) is 5.82 Å². The van der Waals surface area contributed by atoms with E-state index in [0.717, 1.165) is 67.1 Å². The number of nitrogens with one attached hydrogen (secondary N) is 2. The minimum Gasteiger partial charge on any atom is -0.358 e. The zero-order chi connectivity index (χ0) is 26.4. The number of hydrogen-bond acceptors (Lipinski definition) is 3. The van der Waals surface area contributed by atoms with Crippen molar-refractivity contribution >= 4 is 29.2 Å². The first kappa shape index (κ1) is 24.6. The monoisotopic (exact) mass is 512 g/mol. The van der Waals surface area contributed by atoms with Gasteiger partial charge in [0.15, 0.2) is 0 Å². The van der Waals surface area contributed by atoms with Crippen LogP contribution in [0.5, 0.6) is 0 Å². The maximum Gasteiger partial charge on any atom is 0.256 e. The molecule has 2 amide bonds. The Morgan fingerprint density at radius 1 is 1.08 bits per heavy atom. The Hall–Kier alpha value is -3.71. The lowest BCUT2D eigenvalue weighted by molar-refractivity contribution is -0.110. The summed E-state index contributed by atoms with van der Waals surface area (Å²) in [5.41, 5.74) is 6.52. The third-order valence-electron chi connectivity index (χ3n) is 8.25. The predicted molar refractivity (Wildman–Crippen MR) is 148 cm³/mol. The average molecular weight is 513 g/mol. The van der Waals surface area contributed by atoms with Crippen molar-refractivity contribution in [3.63, 3.8) is 0 Å². The first-order valence-electron chi connectivity index (χ1n) is 13.6. The zero-order valence-electron chi connectivity index (χ0n) is 21.9. The molecule has 3 aromatic rings. The summed E-state index contributed by atoms with van der Waals surface area (Å²) in [5.74, 6) is -0.472. The number of aromatic nitrogens is 1. The summed E-state index contributed by atoms with van der Waals surface area (Å²) in [6.07, 6.45) is 6.39. The normalized spacial score (nSPS) is 20.4. The van der Waals surface area contributed by atoms with Crippen LogP contribution in [-0.2, 0) is 4.79 Å². The van der Waals surface area contributed by atoms with Crippen LogP contribution in [0.3, 0.4) is 0 Å². The third kappa shape index (κ3) is 4.35. The van der Waals surface area contributed by atoms with Crippen molar-refractivity contribution in [1.82, 2.24) is 14.8 Å². The van der Waals surface area contributed by atoms with E-state index in [0.29, 0.717) is 22.4 Å². The van der Waals surface area contributed by atoms with E-state index in [1.807, 2.05) is 44.2 Å². The first-order valence-corrected chi connectivity index (χ1v) is 13.6. The summed E-state index contributed by atoms with van der Waals surface area (Å²) < 4.78 is 14.0. The van der Waals surface area contributed by atoms with Crippen LogP contribution in [0.4, 0.5) is 10.1 Å². The van der Waals surface area contributed by atoms with Gasteiger partial charge in [0.2, 0.25) is 0 Å². The van der Waals surface area contributed by atoms with Crippen LogP contribution in [-0.4, -0.2) is 58.8 Å². The molecule has 6 rings (SSSR count). The largest absolute Gasteiger partial charge is 0.358 e. The van der Waals surface area contributed by atoms with E-state index in [9.17, 15) is 14.0 Å². The van der Waals surface area contributed by atoms with E-state index in [4.69, 9.17) is 0 Å². The van der Waals surface area contributed by atoms with Crippen molar-refractivity contribution in [2.24, 2.45) is 0 Å². The van der Waals surface area contributed by atoms with Gasteiger partial charge in [0, 0.05) is 41.8 Å². The number of H-pyrrole nitrogens is 1. The van der Waals surface area contributed by atoms with Crippen LogP contribution in [0.1, 0.15) is 58.6 Å². The molecular formula is C31H33FN4O2. The lowest BCUT2D eigenvalue weighted by Crippen LogP contribution is -2.42. The summed E-state index contributed by atoms with van der Waals surface area (Å²) in [7, 11) is 0. The number of rotatable bonds is 5. The molecule has 2 aromatic carbocycles. The van der Waals surface area contributed by atoms with Gasteiger partial charge in [-0.05, 0) is 93.6 Å². The highest BCUT2D eigenvalue weighted by Crippen LogP contribution is 2.41. The molecule has 196 valence electrons. The summed E-state index contributed by atoms with van der Waals surface area (Å²) in [5, 5.41) is 2.95. The topological polar surface area (TPSA) is 68.4 Å². The van der Waals surface area contributed by atoms with E-state index in [1.54, 1.807) is 6.07 Å². The molecule has 7 heteroatoms. The fourth-order valence-corrected chi connectivity index (χ4v) is 6.37. The Bertz CT molecular complexity index is 1450. The maximum atomic E-state index is 14.0. The van der Waals surface area contributed by atoms with Gasteiger partial charge in [-0.1, -0.05) is 24.3 Å². The molecule has 1 unspecified atom stereocenters. The molecule has 3 aliphatic rings. The van der Waals surface area contributed by atoms with Crippen molar-refractivity contribution < 1.29 is 14.0 Å². The highest BCUT2D eigenvalue weighted by atomic mass is 19.1. The van der Waals surface area contributed by atoms with Gasteiger partial charge in [0.05, 0.1) is 11.1 Å². The quantitative estimate of drug-likeness (QED) is 0.436. The molecule has 2 fully saturated rings. The van der Waals surface area contributed by atoms with Crippen molar-refractivity contribution in [3.05, 3.63) is 76.4 Å². The fraction of sp³-hybridized carbons (Fsp3) is 0.355. The highest BCUT2D eigenvalue weighted by molar-refractivity contribution is 6.36. The van der Waals surface area contributed by atoms with Crippen molar-refractivity contribution in [1.29, 1.82) is 0 Å². The number of likely N-dealkylation sites (tertiary alicyclic amines) is 2. The van der Waals surface area contributed by atoms with Crippen LogP contribution in [0.25, 0.3) is 22.8 Å². The molecule has 6 nitrogen and oxygen atoms in total. The number of aromatic amines is 1. The van der Waals surface area contributed by atoms with E-state index in [-0.39, 0.29) is 23.7 Å². The molecule has 0 aliphatic carbocycles. The number of aryl methyl sites for hydroxylation is 1. The molecule has 2 N–H and O–H groups in total. The molecule has 0 saturated carbocycles. The second kappa shape index (κ2) is 9.87. The molecule has 0 bridgehead atoms. The molecule has 38 heavy (non-hydrogen) atoms. The number of amides is 2. The summed E-state index contributed by atoms with van der Waals surface area (Å²) in [6, 6.07) is 12.3. The van der Waals surface area contributed by atoms with Gasteiger partial charge >= 0.3 is 0 Å². The molecular weight excluding hydrogens is 479 g/mol. The molecule has 1 aromatic heterocycles. The average Bonchev–Trinajstić information content (AvgIpc) is 3.68. The lowest BCUT2D eigenvalue weighted by atomic mass is 9.94. The molecule has 3 aliphatic heterocycles. The SMILES string of the molecule is Cc1[nH]c(/C=C2\C(=O)Nc3cccc(-c4cccc(F)c4)c32)c(C)c1C(=O)N1CCCC1CN1CCCC1. The van der Waals surface area contributed by atoms with Gasteiger partial charge in [-0.25, -0.2) is 4.39 Å². The van der Waals surface area contributed by atoms with Gasteiger partial charge in [0.25, 0.3) is 11.8 Å². The predicted octanol–water partition coefficient (Wildman–Crippen LogP) is 5.63. The number of carbonyl (C=O) groups excluding carboxylic acids is 2. The van der Waals surface area contributed by atoms with Crippen LogP contribution in [0.2, 0.25) is 0 Å². The number of fused-ring (bicyclic) bond motifs is 1. The minimum atomic E-state index is -0.327. The number of benzene rings is 2. The maximum absolute atomic E-state index is 14.0. The smallest absolute Gasteiger partial charge is 0.256 e. The number of nitrogens with zero attached hydrogens (tertiary/aromatic N) is 2. The standard InChI is InChI=1S/C31H33FN4O2/c1-19-27(33-20(2)28(19)31(38)36-15-7-10-23(36)18-35-13-3-4-14-35)17-25-29-24(21-8-5-9-22(32)16-21)11-6-12-26(29)34-30(25)37/h5-6,8-9,11-12,16-17,23,33H,3-4,7,10,13-15,18H2,1-2H3,(H,34,37)/b25-17-. The first-order chi connectivity index (χ1) is 18.4. The van der Waals surface area contributed by atoms with Crippen LogP contribution in [0.15, 0.2) is 42.5 Å². The van der Waals surface area contributed by atoms with Gasteiger partial charge < -0.3 is 20.1 Å². The van der Waals surface area contributed by atoms with E-state index in [2.05, 4.69) is 20.1 Å². The van der Waals surface area contributed by atoms with E-state index < -0.39 is 0 Å². The number of hydrogen-bond donors (Lipinski definition) is 2. The Morgan fingerprint density at radius 3 is 2.66 bits per heavy atom. The third-order valence-corrected chi connectivity index (χ3v) is 8.25. The molecule has 2 saturated heterocycles. The molecule has 0 radical (unpaired) electrons. The molecule has 4 heterocycles. The van der Waals surface area contributed by atoms with E-state index >= 15 is 0 Å². The summed E-state index contributed by atoms with van der Waals surface area (Å²) in [4.78, 5) is 34.8. The number of anilines is 1. The highest BCUT2D eigenvalue weighted by Gasteiger charge is 2.34. The lowest BCUT2D eigenvalue weighted by Gasteiger charge is -2.28. The van der Waals surface area contributed by atoms with Gasteiger partial charge in [-0.15, -0.1) is 0 Å². The summed E-state index contributed by atoms with van der Waals surface area (Å²) >= 11 is 0. The second-order valence-electron chi connectivity index (χ2n) is 10.7. The Balaban J connectivity index is 1.34. The zero-order valence-corrected chi connectivity index (χ0v) is 21.9. The van der Waals surface area contributed by atoms with Crippen molar-refractivity contribution in [2.75, 3.05) is 31.5 Å². The molecule has 1 atom stereocenters. The van der Waals surface area contributed by atoms with Gasteiger partial charge in [-0.3, -0.25) is 9.59 Å².